The fourth-order valence-electron chi connectivity index (χ4n) is 2.28. The molecular weight excluding hydrogens is 212 g/mol. The Morgan fingerprint density at radius 1 is 1.41 bits per heavy atom. The summed E-state index contributed by atoms with van der Waals surface area (Å²) >= 11 is 0. The Kier molecular flexibility index (Phi) is 3.79. The van der Waals surface area contributed by atoms with Crippen molar-refractivity contribution in [1.29, 1.82) is 0 Å². The van der Waals surface area contributed by atoms with Gasteiger partial charge in [0.05, 0.1) is 6.54 Å². The Hall–Kier alpha value is -1.35. The molecule has 1 aromatic carbocycles. The molecule has 0 bridgehead atoms. The zero-order valence-corrected chi connectivity index (χ0v) is 10.3. The van der Waals surface area contributed by atoms with Crippen molar-refractivity contribution in [3.05, 3.63) is 29.3 Å². The number of rotatable bonds is 4. The predicted molar refractivity (Wildman–Crippen MR) is 70.2 cm³/mol. The minimum atomic E-state index is 0.128. The molecule has 3 N–H and O–H groups in total. The van der Waals surface area contributed by atoms with Gasteiger partial charge in [0, 0.05) is 17.3 Å². The molecule has 2 rings (SSSR count). The van der Waals surface area contributed by atoms with Gasteiger partial charge >= 0.3 is 0 Å². The van der Waals surface area contributed by atoms with Gasteiger partial charge in [-0.25, -0.2) is 0 Å². The minimum Gasteiger partial charge on any atom is -0.398 e. The maximum absolute atomic E-state index is 11.9. The average molecular weight is 232 g/mol. The second kappa shape index (κ2) is 5.32. The molecule has 1 aromatic rings. The topological polar surface area (TPSA) is 55.1 Å². The Morgan fingerprint density at radius 3 is 2.76 bits per heavy atom. The lowest BCUT2D eigenvalue weighted by molar-refractivity contribution is 0.0987. The second-order valence-electron chi connectivity index (χ2n) is 4.86. The molecule has 92 valence electrons. The van der Waals surface area contributed by atoms with Crippen LogP contribution in [0.1, 0.15) is 41.6 Å². The number of carbonyl (C=O) groups excluding carboxylic acids is 1. The van der Waals surface area contributed by atoms with Gasteiger partial charge < -0.3 is 11.1 Å². The maximum Gasteiger partial charge on any atom is 0.176 e. The third-order valence-corrected chi connectivity index (χ3v) is 3.51. The SMILES string of the molecule is Cc1ccc(C(=O)CNC2CCCC2)cc1N. The van der Waals surface area contributed by atoms with Gasteiger partial charge in [-0.1, -0.05) is 25.0 Å². The van der Waals surface area contributed by atoms with E-state index in [1.165, 1.54) is 25.7 Å². The average Bonchev–Trinajstić information content (AvgIpc) is 2.82. The lowest BCUT2D eigenvalue weighted by Crippen LogP contribution is -2.31. The highest BCUT2D eigenvalue weighted by Gasteiger charge is 2.15. The first-order valence-electron chi connectivity index (χ1n) is 6.29. The van der Waals surface area contributed by atoms with Crippen molar-refractivity contribution in [2.45, 2.75) is 38.6 Å². The monoisotopic (exact) mass is 232 g/mol. The summed E-state index contributed by atoms with van der Waals surface area (Å²) in [5.74, 6) is 0.128. The largest absolute Gasteiger partial charge is 0.398 e. The first kappa shape index (κ1) is 12.1. The highest BCUT2D eigenvalue weighted by atomic mass is 16.1. The molecule has 0 aromatic heterocycles. The molecule has 0 atom stereocenters. The Bertz CT molecular complexity index is 409. The van der Waals surface area contributed by atoms with Gasteiger partial charge in [-0.2, -0.15) is 0 Å². The van der Waals surface area contributed by atoms with Crippen LogP contribution >= 0.6 is 0 Å². The molecule has 3 heteroatoms. The van der Waals surface area contributed by atoms with Gasteiger partial charge in [-0.15, -0.1) is 0 Å². The number of benzene rings is 1. The molecule has 1 saturated carbocycles. The van der Waals surface area contributed by atoms with Crippen LogP contribution in [0.2, 0.25) is 0 Å². The standard InChI is InChI=1S/C14H20N2O/c1-10-6-7-11(8-13(10)15)14(17)9-16-12-4-2-3-5-12/h6-8,12,16H,2-5,9,15H2,1H3. The molecule has 1 aliphatic rings. The van der Waals surface area contributed by atoms with E-state index in [1.54, 1.807) is 6.07 Å². The predicted octanol–water partition coefficient (Wildman–Crippen LogP) is 2.29. The highest BCUT2D eigenvalue weighted by Crippen LogP contribution is 2.18. The van der Waals surface area contributed by atoms with Gasteiger partial charge in [-0.3, -0.25) is 4.79 Å². The van der Waals surface area contributed by atoms with Crippen molar-refractivity contribution >= 4 is 11.5 Å². The van der Waals surface area contributed by atoms with E-state index in [4.69, 9.17) is 5.73 Å². The van der Waals surface area contributed by atoms with E-state index in [2.05, 4.69) is 5.32 Å². The molecule has 0 amide bonds. The van der Waals surface area contributed by atoms with Gasteiger partial charge in [0.25, 0.3) is 0 Å². The van der Waals surface area contributed by atoms with Gasteiger partial charge in [0.15, 0.2) is 5.78 Å². The highest BCUT2D eigenvalue weighted by molar-refractivity contribution is 5.98. The number of aryl methyl sites for hydroxylation is 1. The van der Waals surface area contributed by atoms with E-state index < -0.39 is 0 Å². The molecule has 17 heavy (non-hydrogen) atoms. The molecule has 1 fully saturated rings. The fourth-order valence-corrected chi connectivity index (χ4v) is 2.28. The van der Waals surface area contributed by atoms with Crippen molar-refractivity contribution in [3.8, 4) is 0 Å². The first-order chi connectivity index (χ1) is 8.16. The summed E-state index contributed by atoms with van der Waals surface area (Å²) in [6, 6.07) is 6.05. The first-order valence-corrected chi connectivity index (χ1v) is 6.29. The number of nitrogen functional groups attached to an aromatic ring is 1. The summed E-state index contributed by atoms with van der Waals surface area (Å²) in [6.45, 7) is 2.37. The van der Waals surface area contributed by atoms with E-state index in [-0.39, 0.29) is 5.78 Å². The molecule has 1 aliphatic carbocycles. The summed E-state index contributed by atoms with van der Waals surface area (Å²) in [4.78, 5) is 11.9. The van der Waals surface area contributed by atoms with Crippen LogP contribution in [0.4, 0.5) is 5.69 Å². The van der Waals surface area contributed by atoms with Crippen LogP contribution in [0.25, 0.3) is 0 Å². The van der Waals surface area contributed by atoms with E-state index in [1.807, 2.05) is 19.1 Å². The fraction of sp³-hybridized carbons (Fsp3) is 0.500. The quantitative estimate of drug-likeness (QED) is 0.618. The maximum atomic E-state index is 11.9. The van der Waals surface area contributed by atoms with Crippen LogP contribution in [0.5, 0.6) is 0 Å². The number of carbonyl (C=O) groups is 1. The lowest BCUT2D eigenvalue weighted by Gasteiger charge is -2.11. The van der Waals surface area contributed by atoms with Crippen molar-refractivity contribution < 1.29 is 4.79 Å². The molecule has 3 nitrogen and oxygen atoms in total. The Balaban J connectivity index is 1.92. The number of nitrogens with one attached hydrogen (secondary N) is 1. The molecule has 0 saturated heterocycles. The summed E-state index contributed by atoms with van der Waals surface area (Å²) in [5.41, 5.74) is 8.22. The third-order valence-electron chi connectivity index (χ3n) is 3.51. The zero-order chi connectivity index (χ0) is 12.3. The normalized spacial score (nSPS) is 16.3. The van der Waals surface area contributed by atoms with E-state index >= 15 is 0 Å². The van der Waals surface area contributed by atoms with Gasteiger partial charge in [-0.05, 0) is 31.4 Å². The van der Waals surface area contributed by atoms with Crippen molar-refractivity contribution in [2.75, 3.05) is 12.3 Å². The third kappa shape index (κ3) is 3.07. The molecule has 0 unspecified atom stereocenters. The van der Waals surface area contributed by atoms with E-state index in [0.717, 1.165) is 5.56 Å². The number of hydrogen-bond donors (Lipinski definition) is 2. The number of Topliss-reactive ketones (excluding diaryl/α,β-unsaturated/α-hetero) is 1. The van der Waals surface area contributed by atoms with Crippen LogP contribution in [-0.2, 0) is 0 Å². The van der Waals surface area contributed by atoms with Gasteiger partial charge in [0.1, 0.15) is 0 Å². The van der Waals surface area contributed by atoms with Gasteiger partial charge in [0.2, 0.25) is 0 Å². The van der Waals surface area contributed by atoms with Crippen LogP contribution in [-0.4, -0.2) is 18.4 Å². The van der Waals surface area contributed by atoms with E-state index in [0.29, 0.717) is 23.8 Å². The summed E-state index contributed by atoms with van der Waals surface area (Å²) in [6.07, 6.45) is 4.96. The lowest BCUT2D eigenvalue weighted by atomic mass is 10.1. The molecule has 0 heterocycles. The summed E-state index contributed by atoms with van der Waals surface area (Å²) in [5, 5.41) is 3.32. The number of ketones is 1. The van der Waals surface area contributed by atoms with Crippen molar-refractivity contribution in [3.63, 3.8) is 0 Å². The Labute approximate surface area is 102 Å². The number of anilines is 1. The van der Waals surface area contributed by atoms with Crippen molar-refractivity contribution in [2.24, 2.45) is 0 Å². The number of hydrogen-bond acceptors (Lipinski definition) is 3. The second-order valence-corrected chi connectivity index (χ2v) is 4.86. The molecule has 0 aliphatic heterocycles. The zero-order valence-electron chi connectivity index (χ0n) is 10.3. The van der Waals surface area contributed by atoms with Crippen LogP contribution in [0.3, 0.4) is 0 Å². The number of nitrogens with two attached hydrogens (primary N) is 1. The Morgan fingerprint density at radius 2 is 2.12 bits per heavy atom. The van der Waals surface area contributed by atoms with Crippen LogP contribution in [0.15, 0.2) is 18.2 Å². The van der Waals surface area contributed by atoms with Crippen molar-refractivity contribution in [1.82, 2.24) is 5.32 Å². The van der Waals surface area contributed by atoms with Crippen LogP contribution < -0.4 is 11.1 Å². The summed E-state index contributed by atoms with van der Waals surface area (Å²) in [7, 11) is 0. The molecular formula is C14H20N2O. The minimum absolute atomic E-state index is 0.128. The summed E-state index contributed by atoms with van der Waals surface area (Å²) < 4.78 is 0. The molecule has 0 spiro atoms. The van der Waals surface area contributed by atoms with E-state index in [9.17, 15) is 4.79 Å². The smallest absolute Gasteiger partial charge is 0.176 e. The molecule has 0 radical (unpaired) electrons. The van der Waals surface area contributed by atoms with Crippen LogP contribution in [0, 0.1) is 6.92 Å².